The molecule has 2 saturated heterocycles. The van der Waals surface area contributed by atoms with Crippen LogP contribution < -0.4 is 0 Å². The Morgan fingerprint density at radius 2 is 1.85 bits per heavy atom. The van der Waals surface area contributed by atoms with Gasteiger partial charge in [-0.1, -0.05) is 0 Å². The number of hydrogen-bond donors (Lipinski definition) is 0. The minimum absolute atomic E-state index is 0.112. The molecular weight excluding hydrogens is 250 g/mol. The molecule has 0 bridgehead atoms. The number of rotatable bonds is 2. The highest BCUT2D eigenvalue weighted by Gasteiger charge is 2.39. The van der Waals surface area contributed by atoms with Crippen LogP contribution in [0.25, 0.3) is 0 Å². The lowest BCUT2D eigenvalue weighted by Crippen LogP contribution is -2.41. The van der Waals surface area contributed by atoms with E-state index in [2.05, 4.69) is 34.0 Å². The third kappa shape index (κ3) is 2.70. The SMILES string of the molecule is CN1CC(C(=O)N2CCCCC2)[C@@H](c2ccncc2)C1. The summed E-state index contributed by atoms with van der Waals surface area (Å²) < 4.78 is 0. The van der Waals surface area contributed by atoms with Crippen LogP contribution in [0.4, 0.5) is 0 Å². The zero-order valence-electron chi connectivity index (χ0n) is 12.2. The van der Waals surface area contributed by atoms with Crippen molar-refractivity contribution in [1.82, 2.24) is 14.8 Å². The molecule has 2 atom stereocenters. The van der Waals surface area contributed by atoms with Crippen LogP contribution in [0.1, 0.15) is 30.7 Å². The van der Waals surface area contributed by atoms with Gasteiger partial charge in [0.25, 0.3) is 0 Å². The van der Waals surface area contributed by atoms with Crippen molar-refractivity contribution < 1.29 is 4.79 Å². The number of piperidine rings is 1. The first kappa shape index (κ1) is 13.6. The van der Waals surface area contributed by atoms with E-state index >= 15 is 0 Å². The Hall–Kier alpha value is -1.42. The molecule has 1 amide bonds. The number of aromatic nitrogens is 1. The lowest BCUT2D eigenvalue weighted by atomic mass is 9.88. The first-order chi connectivity index (χ1) is 9.75. The molecule has 1 unspecified atom stereocenters. The number of carbonyl (C=O) groups is 1. The smallest absolute Gasteiger partial charge is 0.227 e. The quantitative estimate of drug-likeness (QED) is 0.823. The second kappa shape index (κ2) is 5.92. The Morgan fingerprint density at radius 3 is 2.55 bits per heavy atom. The highest BCUT2D eigenvalue weighted by molar-refractivity contribution is 5.80. The molecule has 20 heavy (non-hydrogen) atoms. The van der Waals surface area contributed by atoms with E-state index in [0.717, 1.165) is 39.0 Å². The largest absolute Gasteiger partial charge is 0.342 e. The molecule has 3 rings (SSSR count). The van der Waals surface area contributed by atoms with Gasteiger partial charge in [-0.3, -0.25) is 9.78 Å². The number of likely N-dealkylation sites (N-methyl/N-ethyl adjacent to an activating group) is 1. The zero-order chi connectivity index (χ0) is 13.9. The number of carbonyl (C=O) groups excluding carboxylic acids is 1. The Morgan fingerprint density at radius 1 is 1.15 bits per heavy atom. The van der Waals surface area contributed by atoms with E-state index in [-0.39, 0.29) is 5.92 Å². The summed E-state index contributed by atoms with van der Waals surface area (Å²) in [6, 6.07) is 4.11. The van der Waals surface area contributed by atoms with Gasteiger partial charge in [-0.15, -0.1) is 0 Å². The molecule has 0 aromatic carbocycles. The third-order valence-electron chi connectivity index (χ3n) is 4.62. The predicted molar refractivity (Wildman–Crippen MR) is 78.4 cm³/mol. The van der Waals surface area contributed by atoms with Crippen LogP contribution in [0.2, 0.25) is 0 Å². The molecule has 108 valence electrons. The van der Waals surface area contributed by atoms with Gasteiger partial charge in [0, 0.05) is 44.5 Å². The molecule has 4 nitrogen and oxygen atoms in total. The summed E-state index contributed by atoms with van der Waals surface area (Å²) in [5.41, 5.74) is 1.25. The summed E-state index contributed by atoms with van der Waals surface area (Å²) in [6.45, 7) is 3.74. The number of amides is 1. The molecule has 0 radical (unpaired) electrons. The molecule has 0 aliphatic carbocycles. The topological polar surface area (TPSA) is 36.4 Å². The molecule has 2 fully saturated rings. The second-order valence-corrected chi connectivity index (χ2v) is 6.10. The third-order valence-corrected chi connectivity index (χ3v) is 4.62. The van der Waals surface area contributed by atoms with Gasteiger partial charge < -0.3 is 9.80 Å². The Balaban J connectivity index is 1.77. The predicted octanol–water partition coefficient (Wildman–Crippen LogP) is 1.74. The maximum atomic E-state index is 12.8. The first-order valence-corrected chi connectivity index (χ1v) is 7.63. The van der Waals surface area contributed by atoms with Crippen LogP contribution in [0, 0.1) is 5.92 Å². The summed E-state index contributed by atoms with van der Waals surface area (Å²) in [5, 5.41) is 0. The Bertz CT molecular complexity index is 456. The molecule has 1 aromatic rings. The monoisotopic (exact) mass is 273 g/mol. The van der Waals surface area contributed by atoms with E-state index in [4.69, 9.17) is 0 Å². The lowest BCUT2D eigenvalue weighted by Gasteiger charge is -2.31. The average molecular weight is 273 g/mol. The van der Waals surface area contributed by atoms with E-state index in [1.807, 2.05) is 12.4 Å². The van der Waals surface area contributed by atoms with Crippen molar-refractivity contribution >= 4 is 5.91 Å². The van der Waals surface area contributed by atoms with Crippen molar-refractivity contribution in [1.29, 1.82) is 0 Å². The van der Waals surface area contributed by atoms with Gasteiger partial charge in [0.2, 0.25) is 5.91 Å². The van der Waals surface area contributed by atoms with Gasteiger partial charge in [0.05, 0.1) is 5.92 Å². The van der Waals surface area contributed by atoms with E-state index in [0.29, 0.717) is 11.8 Å². The van der Waals surface area contributed by atoms with Crippen molar-refractivity contribution in [2.75, 3.05) is 33.2 Å². The Labute approximate surface area is 120 Å². The van der Waals surface area contributed by atoms with Crippen molar-refractivity contribution in [3.8, 4) is 0 Å². The van der Waals surface area contributed by atoms with E-state index < -0.39 is 0 Å². The summed E-state index contributed by atoms with van der Waals surface area (Å²) in [7, 11) is 2.11. The second-order valence-electron chi connectivity index (χ2n) is 6.10. The molecule has 2 aliphatic heterocycles. The minimum atomic E-state index is 0.112. The lowest BCUT2D eigenvalue weighted by molar-refractivity contribution is -0.136. The van der Waals surface area contributed by atoms with Crippen molar-refractivity contribution in [2.24, 2.45) is 5.92 Å². The summed E-state index contributed by atoms with van der Waals surface area (Å²) in [5.74, 6) is 0.786. The van der Waals surface area contributed by atoms with Crippen LogP contribution in [0.5, 0.6) is 0 Å². The van der Waals surface area contributed by atoms with Gasteiger partial charge in [0.15, 0.2) is 0 Å². The number of hydrogen-bond acceptors (Lipinski definition) is 3. The van der Waals surface area contributed by atoms with Crippen LogP contribution >= 0.6 is 0 Å². The van der Waals surface area contributed by atoms with E-state index in [1.54, 1.807) is 0 Å². The van der Waals surface area contributed by atoms with E-state index in [1.165, 1.54) is 12.0 Å². The fraction of sp³-hybridized carbons (Fsp3) is 0.625. The summed E-state index contributed by atoms with van der Waals surface area (Å²) in [4.78, 5) is 21.3. The highest BCUT2D eigenvalue weighted by Crippen LogP contribution is 2.33. The van der Waals surface area contributed by atoms with Crippen LogP contribution in [-0.2, 0) is 4.79 Å². The normalized spacial score (nSPS) is 27.8. The molecule has 3 heterocycles. The van der Waals surface area contributed by atoms with Gasteiger partial charge in [-0.2, -0.15) is 0 Å². The zero-order valence-corrected chi connectivity index (χ0v) is 12.2. The van der Waals surface area contributed by atoms with Gasteiger partial charge >= 0.3 is 0 Å². The number of nitrogens with zero attached hydrogens (tertiary/aromatic N) is 3. The number of likely N-dealkylation sites (tertiary alicyclic amines) is 2. The first-order valence-electron chi connectivity index (χ1n) is 7.63. The molecule has 0 N–H and O–H groups in total. The minimum Gasteiger partial charge on any atom is -0.342 e. The molecule has 2 aliphatic rings. The van der Waals surface area contributed by atoms with Crippen molar-refractivity contribution in [2.45, 2.75) is 25.2 Å². The molecular formula is C16H23N3O. The summed E-state index contributed by atoms with van der Waals surface area (Å²) in [6.07, 6.45) is 7.25. The van der Waals surface area contributed by atoms with E-state index in [9.17, 15) is 4.79 Å². The summed E-state index contributed by atoms with van der Waals surface area (Å²) >= 11 is 0. The van der Waals surface area contributed by atoms with Crippen molar-refractivity contribution in [3.05, 3.63) is 30.1 Å². The maximum Gasteiger partial charge on any atom is 0.227 e. The molecule has 0 spiro atoms. The van der Waals surface area contributed by atoms with Crippen molar-refractivity contribution in [3.63, 3.8) is 0 Å². The maximum absolute atomic E-state index is 12.8. The standard InChI is InChI=1S/C16H23N3O/c1-18-11-14(13-5-7-17-8-6-13)15(12-18)16(20)19-9-3-2-4-10-19/h5-8,14-15H,2-4,9-12H2,1H3/t14-,15?/m1/s1. The molecule has 0 saturated carbocycles. The van der Waals surface area contributed by atoms with Crippen LogP contribution in [0.15, 0.2) is 24.5 Å². The molecule has 1 aromatic heterocycles. The van der Waals surface area contributed by atoms with Gasteiger partial charge in [-0.05, 0) is 44.0 Å². The molecule has 4 heteroatoms. The van der Waals surface area contributed by atoms with Crippen LogP contribution in [-0.4, -0.2) is 53.9 Å². The van der Waals surface area contributed by atoms with Crippen LogP contribution in [0.3, 0.4) is 0 Å². The highest BCUT2D eigenvalue weighted by atomic mass is 16.2. The fourth-order valence-electron chi connectivity index (χ4n) is 3.55. The average Bonchev–Trinajstić information content (AvgIpc) is 2.90. The van der Waals surface area contributed by atoms with Gasteiger partial charge in [0.1, 0.15) is 0 Å². The number of pyridine rings is 1. The van der Waals surface area contributed by atoms with Gasteiger partial charge in [-0.25, -0.2) is 0 Å². The fourth-order valence-corrected chi connectivity index (χ4v) is 3.55. The Kier molecular flexibility index (Phi) is 4.01.